The maximum absolute atomic E-state index is 13.3. The Labute approximate surface area is 227 Å². The molecular weight excluding hydrogens is 510 g/mol. The summed E-state index contributed by atoms with van der Waals surface area (Å²) in [6.45, 7) is 3.81. The topological polar surface area (TPSA) is 215 Å². The summed E-state index contributed by atoms with van der Waals surface area (Å²) in [5.74, 6) is -2.63. The van der Waals surface area contributed by atoms with Crippen LogP contribution in [-0.4, -0.2) is 77.5 Å². The highest BCUT2D eigenvalue weighted by Crippen LogP contribution is 2.08. The highest BCUT2D eigenvalue weighted by molar-refractivity contribution is 7.98. The van der Waals surface area contributed by atoms with E-state index in [9.17, 15) is 24.3 Å². The highest BCUT2D eigenvalue weighted by atomic mass is 32.2. The summed E-state index contributed by atoms with van der Waals surface area (Å²) in [6, 6.07) is 4.96. The predicted octanol–water partition coefficient (Wildman–Crippen LogP) is -0.442. The Hall–Kier alpha value is -3.32. The van der Waals surface area contributed by atoms with Crippen LogP contribution in [0, 0.1) is 5.92 Å². The number of benzene rings is 1. The SMILES string of the molecule is CSCCC(NC(=O)C(Cc1ccccc1)NC(=O)C(CCCN=C(N)N)NC(=O)C(N)C(C)C)C(=O)O. The molecule has 0 saturated heterocycles. The number of nitrogens with two attached hydrogens (primary N) is 3. The van der Waals surface area contributed by atoms with Gasteiger partial charge in [0.25, 0.3) is 0 Å². The van der Waals surface area contributed by atoms with Gasteiger partial charge in [0.1, 0.15) is 18.1 Å². The van der Waals surface area contributed by atoms with Crippen molar-refractivity contribution in [1.82, 2.24) is 16.0 Å². The van der Waals surface area contributed by atoms with Crippen molar-refractivity contribution in [3.05, 3.63) is 35.9 Å². The van der Waals surface area contributed by atoms with Crippen molar-refractivity contribution in [2.45, 2.75) is 63.7 Å². The first-order chi connectivity index (χ1) is 18.0. The molecule has 10 N–H and O–H groups in total. The van der Waals surface area contributed by atoms with Crippen LogP contribution < -0.4 is 33.2 Å². The fourth-order valence-corrected chi connectivity index (χ4v) is 3.91. The molecule has 4 unspecified atom stereocenters. The number of nitrogens with one attached hydrogen (secondary N) is 3. The van der Waals surface area contributed by atoms with E-state index >= 15 is 0 Å². The van der Waals surface area contributed by atoms with Crippen molar-refractivity contribution in [2.75, 3.05) is 18.6 Å². The van der Waals surface area contributed by atoms with Gasteiger partial charge in [-0.1, -0.05) is 44.2 Å². The summed E-state index contributed by atoms with van der Waals surface area (Å²) in [7, 11) is 0. The molecule has 212 valence electrons. The number of aliphatic carboxylic acids is 1. The minimum atomic E-state index is -1.16. The van der Waals surface area contributed by atoms with Crippen LogP contribution >= 0.6 is 11.8 Å². The third-order valence-electron chi connectivity index (χ3n) is 5.74. The average Bonchev–Trinajstić information content (AvgIpc) is 2.87. The molecule has 0 radical (unpaired) electrons. The Kier molecular flexibility index (Phi) is 14.8. The number of guanidine groups is 1. The van der Waals surface area contributed by atoms with Gasteiger partial charge in [-0.2, -0.15) is 11.8 Å². The van der Waals surface area contributed by atoms with Gasteiger partial charge in [0.2, 0.25) is 17.7 Å². The molecule has 4 atom stereocenters. The summed E-state index contributed by atoms with van der Waals surface area (Å²) in [5, 5.41) is 17.4. The molecule has 0 fully saturated rings. The number of carboxylic acids is 1. The van der Waals surface area contributed by atoms with Crippen LogP contribution in [-0.2, 0) is 25.6 Å². The molecule has 1 aromatic carbocycles. The standard InChI is InChI=1S/C25H41N7O5S/c1-15(2)20(26)23(35)30-17(10-7-12-29-25(27)28)21(33)32-19(14-16-8-5-4-6-9-16)22(34)31-18(24(36)37)11-13-38-3/h4-6,8-9,15,17-20H,7,10-14,26H2,1-3H3,(H,30,35)(H,31,34)(H,32,33)(H,36,37)(H4,27,28,29). The predicted molar refractivity (Wildman–Crippen MR) is 149 cm³/mol. The number of hydrogen-bond donors (Lipinski definition) is 7. The number of hydrogen-bond acceptors (Lipinski definition) is 7. The second-order valence-electron chi connectivity index (χ2n) is 9.21. The largest absolute Gasteiger partial charge is 0.480 e. The number of carbonyl (C=O) groups is 4. The van der Waals surface area contributed by atoms with E-state index in [2.05, 4.69) is 20.9 Å². The zero-order valence-electron chi connectivity index (χ0n) is 22.2. The molecule has 0 saturated carbocycles. The van der Waals surface area contributed by atoms with E-state index in [-0.39, 0.29) is 37.7 Å². The number of carbonyl (C=O) groups excluding carboxylic acids is 3. The number of carboxylic acid groups (broad SMARTS) is 1. The van der Waals surface area contributed by atoms with E-state index in [4.69, 9.17) is 17.2 Å². The van der Waals surface area contributed by atoms with Gasteiger partial charge in [0.05, 0.1) is 6.04 Å². The van der Waals surface area contributed by atoms with Gasteiger partial charge in [-0.05, 0) is 42.8 Å². The molecule has 12 nitrogen and oxygen atoms in total. The number of rotatable bonds is 17. The van der Waals surface area contributed by atoms with E-state index < -0.39 is 47.9 Å². The van der Waals surface area contributed by atoms with Crippen LogP contribution in [0.3, 0.4) is 0 Å². The normalized spacial score (nSPS) is 14.0. The van der Waals surface area contributed by atoms with Gasteiger partial charge in [0.15, 0.2) is 5.96 Å². The van der Waals surface area contributed by atoms with Crippen molar-refractivity contribution >= 4 is 41.4 Å². The van der Waals surface area contributed by atoms with Crippen LogP contribution in [0.2, 0.25) is 0 Å². The minimum Gasteiger partial charge on any atom is -0.480 e. The van der Waals surface area contributed by atoms with E-state index in [0.29, 0.717) is 12.2 Å². The Morgan fingerprint density at radius 3 is 2.05 bits per heavy atom. The third kappa shape index (κ3) is 12.3. The average molecular weight is 552 g/mol. The third-order valence-corrected chi connectivity index (χ3v) is 6.38. The first-order valence-electron chi connectivity index (χ1n) is 12.4. The molecule has 3 amide bonds. The molecule has 13 heteroatoms. The summed E-state index contributed by atoms with van der Waals surface area (Å²) < 4.78 is 0. The van der Waals surface area contributed by atoms with E-state index in [1.165, 1.54) is 11.8 Å². The molecular formula is C25H41N7O5S. The lowest BCUT2D eigenvalue weighted by Gasteiger charge is -2.26. The van der Waals surface area contributed by atoms with Gasteiger partial charge in [-0.15, -0.1) is 0 Å². The van der Waals surface area contributed by atoms with Gasteiger partial charge in [0, 0.05) is 13.0 Å². The molecule has 1 rings (SSSR count). The molecule has 0 spiro atoms. The summed E-state index contributed by atoms with van der Waals surface area (Å²) in [5.41, 5.74) is 17.4. The van der Waals surface area contributed by atoms with Crippen molar-refractivity contribution in [3.8, 4) is 0 Å². The van der Waals surface area contributed by atoms with Gasteiger partial charge in [-0.3, -0.25) is 19.4 Å². The van der Waals surface area contributed by atoms with Gasteiger partial charge < -0.3 is 38.3 Å². The maximum Gasteiger partial charge on any atom is 0.326 e. The number of nitrogens with zero attached hydrogens (tertiary/aromatic N) is 1. The number of thioether (sulfide) groups is 1. The highest BCUT2D eigenvalue weighted by Gasteiger charge is 2.30. The first kappa shape index (κ1) is 32.7. The van der Waals surface area contributed by atoms with E-state index in [1.807, 2.05) is 12.3 Å². The van der Waals surface area contributed by atoms with E-state index in [0.717, 1.165) is 5.56 Å². The quantitative estimate of drug-likeness (QED) is 0.0757. The van der Waals surface area contributed by atoms with Gasteiger partial charge >= 0.3 is 5.97 Å². The van der Waals surface area contributed by atoms with Crippen molar-refractivity contribution in [3.63, 3.8) is 0 Å². The molecule has 0 heterocycles. The Morgan fingerprint density at radius 1 is 0.921 bits per heavy atom. The van der Waals surface area contributed by atoms with Crippen molar-refractivity contribution in [2.24, 2.45) is 28.1 Å². The molecule has 0 aromatic heterocycles. The molecule has 0 aliphatic rings. The lowest BCUT2D eigenvalue weighted by atomic mass is 10.0. The second kappa shape index (κ2) is 17.2. The van der Waals surface area contributed by atoms with E-state index in [1.54, 1.807) is 38.1 Å². The van der Waals surface area contributed by atoms with Crippen LogP contribution in [0.4, 0.5) is 0 Å². The first-order valence-corrected chi connectivity index (χ1v) is 13.8. The van der Waals surface area contributed by atoms with Crippen LogP contribution in [0.15, 0.2) is 35.3 Å². The van der Waals surface area contributed by atoms with Crippen LogP contribution in [0.1, 0.15) is 38.7 Å². The Balaban J connectivity index is 3.14. The minimum absolute atomic E-state index is 0.0917. The lowest BCUT2D eigenvalue weighted by molar-refractivity contribution is -0.142. The summed E-state index contributed by atoms with van der Waals surface area (Å²) in [4.78, 5) is 54.8. The fourth-order valence-electron chi connectivity index (χ4n) is 3.44. The lowest BCUT2D eigenvalue weighted by Crippen LogP contribution is -2.58. The van der Waals surface area contributed by atoms with Crippen LogP contribution in [0.5, 0.6) is 0 Å². The molecule has 0 aliphatic heterocycles. The second-order valence-corrected chi connectivity index (χ2v) is 10.2. The Bertz CT molecular complexity index is 941. The molecule has 0 bridgehead atoms. The number of amides is 3. The fraction of sp³-hybridized carbons (Fsp3) is 0.560. The zero-order chi connectivity index (χ0) is 28.7. The molecule has 38 heavy (non-hydrogen) atoms. The molecule has 0 aliphatic carbocycles. The van der Waals surface area contributed by atoms with Crippen LogP contribution in [0.25, 0.3) is 0 Å². The van der Waals surface area contributed by atoms with Gasteiger partial charge in [-0.25, -0.2) is 4.79 Å². The summed E-state index contributed by atoms with van der Waals surface area (Å²) in [6.07, 6.45) is 2.74. The molecule has 1 aromatic rings. The zero-order valence-corrected chi connectivity index (χ0v) is 23.0. The maximum atomic E-state index is 13.3. The monoisotopic (exact) mass is 551 g/mol. The smallest absolute Gasteiger partial charge is 0.326 e. The number of aliphatic imine (C=N–C) groups is 1. The summed E-state index contributed by atoms with van der Waals surface area (Å²) >= 11 is 1.46. The Morgan fingerprint density at radius 2 is 1.50 bits per heavy atom. The van der Waals surface area contributed by atoms with Crippen molar-refractivity contribution in [1.29, 1.82) is 0 Å². The van der Waals surface area contributed by atoms with Crippen molar-refractivity contribution < 1.29 is 24.3 Å².